The van der Waals surface area contributed by atoms with Gasteiger partial charge in [0.05, 0.1) is 13.7 Å². The zero-order valence-corrected chi connectivity index (χ0v) is 19.8. The molecule has 0 amide bonds. The molecule has 6 nitrogen and oxygen atoms in total. The first-order valence-corrected chi connectivity index (χ1v) is 11.6. The number of thioether (sulfide) groups is 1. The van der Waals surface area contributed by atoms with Crippen molar-refractivity contribution in [3.63, 3.8) is 0 Å². The van der Waals surface area contributed by atoms with Gasteiger partial charge in [-0.05, 0) is 61.4 Å². The van der Waals surface area contributed by atoms with Gasteiger partial charge >= 0.3 is 0 Å². The molecule has 1 unspecified atom stereocenters. The lowest BCUT2D eigenvalue weighted by atomic mass is 10.2. The first-order valence-electron chi connectivity index (χ1n) is 10.2. The topological polar surface area (TPSA) is 58.4 Å². The van der Waals surface area contributed by atoms with E-state index in [2.05, 4.69) is 28.6 Å². The van der Waals surface area contributed by atoms with Crippen LogP contribution in [-0.2, 0) is 6.54 Å². The number of rotatable bonds is 11. The highest BCUT2D eigenvalue weighted by atomic mass is 35.5. The van der Waals surface area contributed by atoms with Crippen molar-refractivity contribution >= 4 is 23.4 Å². The van der Waals surface area contributed by atoms with E-state index in [0.717, 1.165) is 40.5 Å². The number of benzene rings is 2. The van der Waals surface area contributed by atoms with E-state index in [4.69, 9.17) is 25.8 Å². The number of ether oxygens (including phenoxy) is 3. The molecular formula is C23H28ClN3O3S. The van der Waals surface area contributed by atoms with Crippen LogP contribution in [0.2, 0.25) is 5.02 Å². The molecule has 3 aromatic rings. The van der Waals surface area contributed by atoms with Crippen LogP contribution >= 0.6 is 23.4 Å². The Hall–Kier alpha value is -2.38. The van der Waals surface area contributed by atoms with Crippen LogP contribution in [0, 0.1) is 5.92 Å². The predicted molar refractivity (Wildman–Crippen MR) is 125 cm³/mol. The molecule has 0 saturated heterocycles. The summed E-state index contributed by atoms with van der Waals surface area (Å²) in [6.07, 6.45) is -0.237. The van der Waals surface area contributed by atoms with E-state index in [-0.39, 0.29) is 6.10 Å². The molecule has 0 spiro atoms. The normalized spacial score (nSPS) is 12.1. The molecule has 0 saturated carbocycles. The summed E-state index contributed by atoms with van der Waals surface area (Å²) >= 11 is 7.54. The monoisotopic (exact) mass is 461 g/mol. The highest BCUT2D eigenvalue weighted by Crippen LogP contribution is 2.27. The third kappa shape index (κ3) is 6.80. The van der Waals surface area contributed by atoms with Gasteiger partial charge in [-0.25, -0.2) is 0 Å². The Morgan fingerprint density at radius 3 is 2.23 bits per heavy atom. The number of nitrogens with zero attached hydrogens (tertiary/aromatic N) is 3. The predicted octanol–water partition coefficient (Wildman–Crippen LogP) is 5.91. The Morgan fingerprint density at radius 1 is 0.935 bits per heavy atom. The van der Waals surface area contributed by atoms with Crippen molar-refractivity contribution in [3.8, 4) is 17.2 Å². The molecule has 166 valence electrons. The first kappa shape index (κ1) is 23.3. The summed E-state index contributed by atoms with van der Waals surface area (Å²) in [6.45, 7) is 7.73. The Balaban J connectivity index is 1.63. The molecular weight excluding hydrogens is 434 g/mol. The minimum atomic E-state index is -0.237. The number of hydrogen-bond donors (Lipinski definition) is 0. The fraction of sp³-hybridized carbons (Fsp3) is 0.391. The smallest absolute Gasteiger partial charge is 0.191 e. The Labute approximate surface area is 192 Å². The van der Waals surface area contributed by atoms with Gasteiger partial charge in [0.1, 0.15) is 17.2 Å². The van der Waals surface area contributed by atoms with Gasteiger partial charge in [0, 0.05) is 17.3 Å². The fourth-order valence-corrected chi connectivity index (χ4v) is 3.88. The average molecular weight is 462 g/mol. The summed E-state index contributed by atoms with van der Waals surface area (Å²) in [5.74, 6) is 4.38. The van der Waals surface area contributed by atoms with Crippen LogP contribution in [0.4, 0.5) is 0 Å². The van der Waals surface area contributed by atoms with Gasteiger partial charge < -0.3 is 18.8 Å². The van der Waals surface area contributed by atoms with E-state index in [9.17, 15) is 0 Å². The summed E-state index contributed by atoms with van der Waals surface area (Å²) in [6, 6.07) is 14.9. The van der Waals surface area contributed by atoms with Crippen molar-refractivity contribution in [2.24, 2.45) is 5.92 Å². The van der Waals surface area contributed by atoms with Gasteiger partial charge in [-0.3, -0.25) is 0 Å². The van der Waals surface area contributed by atoms with Crippen molar-refractivity contribution in [2.45, 2.75) is 38.6 Å². The quantitative estimate of drug-likeness (QED) is 0.261. The second-order valence-corrected chi connectivity index (χ2v) is 8.93. The van der Waals surface area contributed by atoms with Gasteiger partial charge in [0.2, 0.25) is 0 Å². The third-order valence-electron chi connectivity index (χ3n) is 4.43. The van der Waals surface area contributed by atoms with Crippen LogP contribution in [0.5, 0.6) is 17.2 Å². The molecule has 1 heterocycles. The molecule has 0 aliphatic carbocycles. The summed E-state index contributed by atoms with van der Waals surface area (Å²) in [7, 11) is 1.65. The molecule has 0 aliphatic rings. The third-order valence-corrected chi connectivity index (χ3v) is 5.61. The van der Waals surface area contributed by atoms with E-state index in [1.165, 1.54) is 0 Å². The molecule has 0 radical (unpaired) electrons. The van der Waals surface area contributed by atoms with E-state index >= 15 is 0 Å². The molecule has 0 bridgehead atoms. The minimum absolute atomic E-state index is 0.237. The van der Waals surface area contributed by atoms with Crippen LogP contribution in [0.3, 0.4) is 0 Å². The Morgan fingerprint density at radius 2 is 1.58 bits per heavy atom. The fourth-order valence-electron chi connectivity index (χ4n) is 2.98. The maximum atomic E-state index is 6.10. The van der Waals surface area contributed by atoms with Crippen LogP contribution in [0.25, 0.3) is 0 Å². The lowest BCUT2D eigenvalue weighted by molar-refractivity contribution is 0.207. The van der Waals surface area contributed by atoms with E-state index in [1.807, 2.05) is 55.5 Å². The standard InChI is InChI=1S/C23H28ClN3O3S/c1-16(2)15-27-22(17(3)30-21-11-9-19(28-4)10-12-21)25-26-23(27)31-14-13-29-20-7-5-18(24)6-8-20/h5-12,16-17H,13-15H2,1-4H3. The molecule has 0 aliphatic heterocycles. The molecule has 1 atom stereocenters. The molecule has 8 heteroatoms. The SMILES string of the molecule is COc1ccc(OC(C)c2nnc(SCCOc3ccc(Cl)cc3)n2CC(C)C)cc1. The number of aromatic nitrogens is 3. The summed E-state index contributed by atoms with van der Waals surface area (Å²) < 4.78 is 19.2. The second-order valence-electron chi connectivity index (χ2n) is 7.43. The van der Waals surface area contributed by atoms with E-state index in [0.29, 0.717) is 17.5 Å². The van der Waals surface area contributed by atoms with Crippen molar-refractivity contribution in [1.29, 1.82) is 0 Å². The zero-order chi connectivity index (χ0) is 22.2. The second kappa shape index (κ2) is 11.3. The Kier molecular flexibility index (Phi) is 8.49. The van der Waals surface area contributed by atoms with Crippen molar-refractivity contribution in [3.05, 3.63) is 59.4 Å². The molecule has 0 N–H and O–H groups in total. The van der Waals surface area contributed by atoms with Gasteiger partial charge in [-0.15, -0.1) is 10.2 Å². The van der Waals surface area contributed by atoms with E-state index in [1.54, 1.807) is 18.9 Å². The average Bonchev–Trinajstić information content (AvgIpc) is 3.15. The zero-order valence-electron chi connectivity index (χ0n) is 18.2. The summed E-state index contributed by atoms with van der Waals surface area (Å²) in [4.78, 5) is 0. The molecule has 0 fully saturated rings. The summed E-state index contributed by atoms with van der Waals surface area (Å²) in [5.41, 5.74) is 0. The van der Waals surface area contributed by atoms with Gasteiger partial charge in [0.25, 0.3) is 0 Å². The van der Waals surface area contributed by atoms with Crippen molar-refractivity contribution in [1.82, 2.24) is 14.8 Å². The highest BCUT2D eigenvalue weighted by molar-refractivity contribution is 7.99. The summed E-state index contributed by atoms with van der Waals surface area (Å²) in [5, 5.41) is 10.4. The Bertz CT molecular complexity index is 946. The lowest BCUT2D eigenvalue weighted by Crippen LogP contribution is -2.15. The van der Waals surface area contributed by atoms with Gasteiger partial charge in [-0.2, -0.15) is 0 Å². The molecule has 2 aromatic carbocycles. The number of methoxy groups -OCH3 is 1. The lowest BCUT2D eigenvalue weighted by Gasteiger charge is -2.18. The molecule has 3 rings (SSSR count). The van der Waals surface area contributed by atoms with Crippen LogP contribution in [-0.4, -0.2) is 34.2 Å². The van der Waals surface area contributed by atoms with Gasteiger partial charge in [-0.1, -0.05) is 37.2 Å². The van der Waals surface area contributed by atoms with E-state index < -0.39 is 0 Å². The highest BCUT2D eigenvalue weighted by Gasteiger charge is 2.20. The maximum Gasteiger partial charge on any atom is 0.191 e. The van der Waals surface area contributed by atoms with Crippen molar-refractivity contribution in [2.75, 3.05) is 19.5 Å². The number of halogens is 1. The van der Waals surface area contributed by atoms with Gasteiger partial charge in [0.15, 0.2) is 17.1 Å². The molecule has 31 heavy (non-hydrogen) atoms. The van der Waals surface area contributed by atoms with Crippen LogP contribution in [0.1, 0.15) is 32.7 Å². The van der Waals surface area contributed by atoms with Crippen LogP contribution < -0.4 is 14.2 Å². The largest absolute Gasteiger partial charge is 0.497 e. The first-order chi connectivity index (χ1) is 15.0. The number of hydrogen-bond acceptors (Lipinski definition) is 6. The maximum absolute atomic E-state index is 6.10. The van der Waals surface area contributed by atoms with Crippen molar-refractivity contribution < 1.29 is 14.2 Å². The minimum Gasteiger partial charge on any atom is -0.497 e. The molecule has 1 aromatic heterocycles. The van der Waals surface area contributed by atoms with Crippen LogP contribution in [0.15, 0.2) is 53.7 Å².